The summed E-state index contributed by atoms with van der Waals surface area (Å²) < 4.78 is 52.8. The van der Waals surface area contributed by atoms with E-state index in [9.17, 15) is 17.6 Å². The Labute approximate surface area is 101 Å². The zero-order valence-electron chi connectivity index (χ0n) is 9.31. The van der Waals surface area contributed by atoms with Gasteiger partial charge < -0.3 is 5.32 Å². The van der Waals surface area contributed by atoms with Crippen LogP contribution in [0.4, 0.5) is 23.2 Å². The lowest BCUT2D eigenvalue weighted by Gasteiger charge is -2.18. The Kier molecular flexibility index (Phi) is 3.41. The van der Waals surface area contributed by atoms with Crippen LogP contribution in [0.2, 0.25) is 0 Å². The van der Waals surface area contributed by atoms with Crippen LogP contribution in [-0.2, 0) is 0 Å². The van der Waals surface area contributed by atoms with Crippen LogP contribution in [0, 0.1) is 40.5 Å². The third kappa shape index (κ3) is 2.13. The molecule has 6 heteroatoms. The van der Waals surface area contributed by atoms with Crippen LogP contribution in [0.1, 0.15) is 19.3 Å². The van der Waals surface area contributed by atoms with E-state index >= 15 is 0 Å². The Morgan fingerprint density at radius 1 is 1.11 bits per heavy atom. The second kappa shape index (κ2) is 4.84. The number of rotatable bonds is 2. The molecule has 1 aliphatic rings. The second-order valence-electron chi connectivity index (χ2n) is 4.26. The fourth-order valence-corrected chi connectivity index (χ4v) is 2.17. The van der Waals surface area contributed by atoms with E-state index < -0.39 is 40.9 Å². The van der Waals surface area contributed by atoms with Gasteiger partial charge in [0.1, 0.15) is 5.69 Å². The average Bonchev–Trinajstić information content (AvgIpc) is 2.79. The molecular formula is C12H10F4N2. The van der Waals surface area contributed by atoms with E-state index in [1.165, 1.54) is 0 Å². The van der Waals surface area contributed by atoms with E-state index in [-0.39, 0.29) is 6.07 Å². The van der Waals surface area contributed by atoms with Gasteiger partial charge in [-0.1, -0.05) is 0 Å². The molecule has 2 unspecified atom stereocenters. The summed E-state index contributed by atoms with van der Waals surface area (Å²) in [6.07, 6.45) is 1.88. The summed E-state index contributed by atoms with van der Waals surface area (Å²) in [4.78, 5) is 0. The molecule has 0 heterocycles. The summed E-state index contributed by atoms with van der Waals surface area (Å²) in [5.41, 5.74) is -0.834. The van der Waals surface area contributed by atoms with E-state index in [1.54, 1.807) is 0 Å². The third-order valence-corrected chi connectivity index (χ3v) is 3.12. The maximum Gasteiger partial charge on any atom is 0.185 e. The van der Waals surface area contributed by atoms with Crippen molar-refractivity contribution >= 4 is 5.69 Å². The minimum absolute atomic E-state index is 0.159. The van der Waals surface area contributed by atoms with Gasteiger partial charge in [-0.2, -0.15) is 5.26 Å². The van der Waals surface area contributed by atoms with Gasteiger partial charge in [-0.25, -0.2) is 17.6 Å². The first-order valence-corrected chi connectivity index (χ1v) is 5.53. The molecule has 0 aromatic heterocycles. The lowest BCUT2D eigenvalue weighted by molar-refractivity contribution is 0.455. The Balaban J connectivity index is 2.32. The van der Waals surface area contributed by atoms with E-state index in [0.29, 0.717) is 12.8 Å². The number of nitrogens with zero attached hydrogens (tertiary/aromatic N) is 1. The van der Waals surface area contributed by atoms with Gasteiger partial charge in [-0.15, -0.1) is 0 Å². The summed E-state index contributed by atoms with van der Waals surface area (Å²) in [7, 11) is 0. The average molecular weight is 258 g/mol. The largest absolute Gasteiger partial charge is 0.376 e. The van der Waals surface area contributed by atoms with Gasteiger partial charge in [-0.3, -0.25) is 0 Å². The quantitative estimate of drug-likeness (QED) is 0.652. The van der Waals surface area contributed by atoms with Gasteiger partial charge >= 0.3 is 0 Å². The molecule has 1 aliphatic carbocycles. The molecule has 96 valence electrons. The first-order chi connectivity index (χ1) is 8.54. The summed E-state index contributed by atoms with van der Waals surface area (Å²) in [5, 5.41) is 11.2. The molecule has 1 aromatic carbocycles. The van der Waals surface area contributed by atoms with Gasteiger partial charge in [0.2, 0.25) is 0 Å². The Bertz CT molecular complexity index is 484. The molecule has 0 radical (unpaired) electrons. The first-order valence-electron chi connectivity index (χ1n) is 5.53. The van der Waals surface area contributed by atoms with E-state index in [0.717, 1.165) is 6.42 Å². The molecule has 0 saturated heterocycles. The van der Waals surface area contributed by atoms with E-state index in [1.807, 2.05) is 6.07 Å². The molecule has 0 aliphatic heterocycles. The SMILES string of the molecule is N#CC1CCCC1Nc1c(F)c(F)cc(F)c1F. The molecule has 1 fully saturated rings. The number of nitriles is 1. The Morgan fingerprint density at radius 2 is 1.72 bits per heavy atom. The normalized spacial score (nSPS) is 22.8. The van der Waals surface area contributed by atoms with Crippen LogP contribution < -0.4 is 5.32 Å². The predicted molar refractivity (Wildman–Crippen MR) is 56.6 cm³/mol. The van der Waals surface area contributed by atoms with Crippen molar-refractivity contribution in [3.8, 4) is 6.07 Å². The maximum atomic E-state index is 13.4. The Hall–Kier alpha value is -1.77. The number of nitrogens with one attached hydrogen (secondary N) is 1. The minimum atomic E-state index is -1.46. The molecule has 2 atom stereocenters. The van der Waals surface area contributed by atoms with Crippen molar-refractivity contribution < 1.29 is 17.6 Å². The zero-order valence-corrected chi connectivity index (χ0v) is 9.31. The topological polar surface area (TPSA) is 35.8 Å². The molecule has 2 rings (SSSR count). The molecule has 1 saturated carbocycles. The molecule has 1 aromatic rings. The minimum Gasteiger partial charge on any atom is -0.376 e. The molecular weight excluding hydrogens is 248 g/mol. The summed E-state index contributed by atoms with van der Waals surface area (Å²) in [6.45, 7) is 0. The molecule has 2 nitrogen and oxygen atoms in total. The van der Waals surface area contributed by atoms with Crippen molar-refractivity contribution in [2.45, 2.75) is 25.3 Å². The van der Waals surface area contributed by atoms with Gasteiger partial charge in [0.05, 0.1) is 12.0 Å². The number of benzene rings is 1. The van der Waals surface area contributed by atoms with Crippen LogP contribution >= 0.6 is 0 Å². The number of anilines is 1. The fourth-order valence-electron chi connectivity index (χ4n) is 2.17. The molecule has 0 spiro atoms. The summed E-state index contributed by atoms with van der Waals surface area (Å²) >= 11 is 0. The predicted octanol–water partition coefficient (Wildman–Crippen LogP) is 3.35. The highest BCUT2D eigenvalue weighted by Gasteiger charge is 2.30. The van der Waals surface area contributed by atoms with Crippen molar-refractivity contribution in [2.75, 3.05) is 5.32 Å². The van der Waals surface area contributed by atoms with Gasteiger partial charge in [0.15, 0.2) is 23.3 Å². The van der Waals surface area contributed by atoms with Gasteiger partial charge in [0.25, 0.3) is 0 Å². The molecule has 0 amide bonds. The Morgan fingerprint density at radius 3 is 2.28 bits per heavy atom. The van der Waals surface area contributed by atoms with Crippen molar-refractivity contribution in [1.82, 2.24) is 0 Å². The van der Waals surface area contributed by atoms with Gasteiger partial charge in [0, 0.05) is 12.1 Å². The summed E-state index contributed by atoms with van der Waals surface area (Å²) in [5.74, 6) is -6.24. The molecule has 0 bridgehead atoms. The van der Waals surface area contributed by atoms with Crippen LogP contribution in [-0.4, -0.2) is 6.04 Å². The van der Waals surface area contributed by atoms with E-state index in [4.69, 9.17) is 5.26 Å². The first kappa shape index (κ1) is 12.7. The number of halogens is 4. The maximum absolute atomic E-state index is 13.4. The third-order valence-electron chi connectivity index (χ3n) is 3.12. The van der Waals surface area contributed by atoms with Crippen molar-refractivity contribution in [3.63, 3.8) is 0 Å². The van der Waals surface area contributed by atoms with Gasteiger partial charge in [-0.05, 0) is 19.3 Å². The summed E-state index contributed by atoms with van der Waals surface area (Å²) in [6, 6.07) is 1.68. The van der Waals surface area contributed by atoms with E-state index in [2.05, 4.69) is 5.32 Å². The van der Waals surface area contributed by atoms with Crippen molar-refractivity contribution in [1.29, 1.82) is 5.26 Å². The molecule has 18 heavy (non-hydrogen) atoms. The van der Waals surface area contributed by atoms with Crippen LogP contribution in [0.5, 0.6) is 0 Å². The molecule has 1 N–H and O–H groups in total. The highest BCUT2D eigenvalue weighted by Crippen LogP contribution is 2.31. The lowest BCUT2D eigenvalue weighted by atomic mass is 10.1. The van der Waals surface area contributed by atoms with Crippen molar-refractivity contribution in [2.24, 2.45) is 5.92 Å². The number of hydrogen-bond donors (Lipinski definition) is 1. The van der Waals surface area contributed by atoms with Crippen molar-refractivity contribution in [3.05, 3.63) is 29.3 Å². The number of hydrogen-bond acceptors (Lipinski definition) is 2. The smallest absolute Gasteiger partial charge is 0.185 e. The monoisotopic (exact) mass is 258 g/mol. The fraction of sp³-hybridized carbons (Fsp3) is 0.417. The lowest BCUT2D eigenvalue weighted by Crippen LogP contribution is -2.24. The standard InChI is InChI=1S/C12H10F4N2/c13-7-4-8(14)11(16)12(10(7)15)18-9-3-1-2-6(9)5-17/h4,6,9,18H,1-3H2. The highest BCUT2D eigenvalue weighted by molar-refractivity contribution is 5.48. The zero-order chi connectivity index (χ0) is 13.3. The highest BCUT2D eigenvalue weighted by atomic mass is 19.2. The van der Waals surface area contributed by atoms with Crippen LogP contribution in [0.25, 0.3) is 0 Å². The van der Waals surface area contributed by atoms with Crippen LogP contribution in [0.3, 0.4) is 0 Å². The second-order valence-corrected chi connectivity index (χ2v) is 4.26. The van der Waals surface area contributed by atoms with Crippen LogP contribution in [0.15, 0.2) is 6.07 Å².